The lowest BCUT2D eigenvalue weighted by Gasteiger charge is -2.01. The molecule has 0 aliphatic rings. The molecule has 0 spiro atoms. The van der Waals surface area contributed by atoms with Crippen LogP contribution < -0.4 is 0 Å². The molecule has 0 fully saturated rings. The predicted molar refractivity (Wildman–Crippen MR) is 20.1 cm³/mol. The summed E-state index contributed by atoms with van der Waals surface area (Å²) >= 11 is 0. The molecular formula is C3H7O4. The Morgan fingerprint density at radius 3 is 2.29 bits per heavy atom. The quantitative estimate of drug-likeness (QED) is 0.369. The van der Waals surface area contributed by atoms with Gasteiger partial charge >= 0.3 is 0 Å². The monoisotopic (exact) mass is 107 g/mol. The molecule has 0 rings (SSSR count). The first-order valence-corrected chi connectivity index (χ1v) is 1.84. The Morgan fingerprint density at radius 2 is 2.29 bits per heavy atom. The van der Waals surface area contributed by atoms with Crippen molar-refractivity contribution in [3.63, 3.8) is 0 Å². The van der Waals surface area contributed by atoms with Crippen LogP contribution in [0.5, 0.6) is 0 Å². The Labute approximate surface area is 40.9 Å². The molecule has 2 N–H and O–H groups in total. The molecule has 0 saturated heterocycles. The van der Waals surface area contributed by atoms with E-state index in [1.165, 1.54) is 0 Å². The molecule has 1 atom stereocenters. The van der Waals surface area contributed by atoms with Crippen molar-refractivity contribution in [1.82, 2.24) is 0 Å². The van der Waals surface area contributed by atoms with E-state index < -0.39 is 19.3 Å². The van der Waals surface area contributed by atoms with Gasteiger partial charge in [0.25, 0.3) is 0 Å². The summed E-state index contributed by atoms with van der Waals surface area (Å²) in [5, 5.41) is 25.4. The summed E-state index contributed by atoms with van der Waals surface area (Å²) in [6, 6.07) is 0. The van der Waals surface area contributed by atoms with E-state index in [9.17, 15) is 5.11 Å². The average Bonchev–Trinajstić information content (AvgIpc) is 1.72. The van der Waals surface area contributed by atoms with Gasteiger partial charge in [-0.25, -0.2) is 9.99 Å². The summed E-state index contributed by atoms with van der Waals surface area (Å²) in [7, 11) is 0. The highest BCUT2D eigenvalue weighted by Crippen LogP contribution is 1.82. The van der Waals surface area contributed by atoms with Crippen molar-refractivity contribution in [2.75, 3.05) is 13.2 Å². The fraction of sp³-hybridized carbons (Fsp3) is 1.00. The summed E-state index contributed by atoms with van der Waals surface area (Å²) in [6.07, 6.45) is -0.958. The van der Waals surface area contributed by atoms with Gasteiger partial charge in [0.15, 0.2) is 0 Å². The van der Waals surface area contributed by atoms with Crippen LogP contribution in [-0.2, 0) is 9.99 Å². The van der Waals surface area contributed by atoms with Crippen LogP contribution in [0.4, 0.5) is 0 Å². The third-order valence-electron chi connectivity index (χ3n) is 0.539. The first-order valence-electron chi connectivity index (χ1n) is 1.84. The van der Waals surface area contributed by atoms with Crippen LogP contribution in [0.3, 0.4) is 0 Å². The standard InChI is InChI=1S/C3H7O4/c4-1-3(2-5)7-6/h3-4,6H,1-2H2. The minimum Gasteiger partial charge on any atom is -0.393 e. The number of hydrogen-bond donors (Lipinski definition) is 2. The molecule has 1 radical (unpaired) electrons. The zero-order chi connectivity index (χ0) is 5.70. The smallest absolute Gasteiger partial charge is 0.142 e. The average molecular weight is 107 g/mol. The van der Waals surface area contributed by atoms with E-state index in [-0.39, 0.29) is 0 Å². The molecule has 0 amide bonds. The van der Waals surface area contributed by atoms with E-state index in [2.05, 4.69) is 4.89 Å². The van der Waals surface area contributed by atoms with Crippen molar-refractivity contribution < 1.29 is 20.4 Å². The maximum Gasteiger partial charge on any atom is 0.142 e. The molecule has 43 valence electrons. The maximum atomic E-state index is 9.65. The summed E-state index contributed by atoms with van der Waals surface area (Å²) < 4.78 is 0. The number of hydrogen-bond acceptors (Lipinski definition) is 3. The Bertz CT molecular complexity index is 28.4. The molecular weight excluding hydrogens is 100 g/mol. The lowest BCUT2D eigenvalue weighted by Crippen LogP contribution is -2.19. The van der Waals surface area contributed by atoms with Gasteiger partial charge in [-0.15, -0.1) is 0 Å². The largest absolute Gasteiger partial charge is 0.393 e. The minimum absolute atomic E-state index is 0.431. The van der Waals surface area contributed by atoms with Crippen molar-refractivity contribution in [3.8, 4) is 0 Å². The summed E-state index contributed by atoms with van der Waals surface area (Å²) in [5.41, 5.74) is 0. The maximum absolute atomic E-state index is 9.65. The van der Waals surface area contributed by atoms with Gasteiger partial charge in [0.1, 0.15) is 12.7 Å². The summed E-state index contributed by atoms with van der Waals surface area (Å²) in [4.78, 5) is 3.49. The first kappa shape index (κ1) is 6.84. The van der Waals surface area contributed by atoms with E-state index in [1.807, 2.05) is 0 Å². The van der Waals surface area contributed by atoms with Crippen LogP contribution in [0.1, 0.15) is 0 Å². The number of rotatable bonds is 3. The highest BCUT2D eigenvalue weighted by molar-refractivity contribution is 4.46. The van der Waals surface area contributed by atoms with Crippen LogP contribution in [0.15, 0.2) is 0 Å². The molecule has 0 aliphatic carbocycles. The SMILES string of the molecule is [O]CC(CO)OO. The molecule has 0 bridgehead atoms. The highest BCUT2D eigenvalue weighted by atomic mass is 17.1. The van der Waals surface area contributed by atoms with Crippen molar-refractivity contribution >= 4 is 0 Å². The van der Waals surface area contributed by atoms with Gasteiger partial charge in [-0.3, -0.25) is 5.26 Å². The second-order valence-electron chi connectivity index (χ2n) is 1.08. The van der Waals surface area contributed by atoms with E-state index in [4.69, 9.17) is 10.4 Å². The van der Waals surface area contributed by atoms with Crippen LogP contribution in [0, 0.1) is 0 Å². The Morgan fingerprint density at radius 1 is 1.71 bits per heavy atom. The van der Waals surface area contributed by atoms with Gasteiger partial charge in [-0.2, -0.15) is 0 Å². The topological polar surface area (TPSA) is 69.6 Å². The third-order valence-corrected chi connectivity index (χ3v) is 0.539. The second kappa shape index (κ2) is 4.01. The van der Waals surface area contributed by atoms with Crippen LogP contribution in [-0.4, -0.2) is 29.7 Å². The predicted octanol–water partition coefficient (Wildman–Crippen LogP) is -0.733. The molecule has 4 heteroatoms. The lowest BCUT2D eigenvalue weighted by atomic mass is 10.4. The molecule has 0 aromatic heterocycles. The van der Waals surface area contributed by atoms with Gasteiger partial charge in [0, 0.05) is 0 Å². The normalized spacial score (nSPS) is 10.3. The van der Waals surface area contributed by atoms with Crippen molar-refractivity contribution in [2.45, 2.75) is 6.10 Å². The first-order chi connectivity index (χ1) is 3.35. The van der Waals surface area contributed by atoms with Crippen LogP contribution in [0.2, 0.25) is 0 Å². The molecule has 0 aliphatic heterocycles. The van der Waals surface area contributed by atoms with E-state index in [0.29, 0.717) is 0 Å². The zero-order valence-electron chi connectivity index (χ0n) is 3.70. The van der Waals surface area contributed by atoms with Crippen molar-refractivity contribution in [3.05, 3.63) is 0 Å². The van der Waals surface area contributed by atoms with Crippen LogP contribution in [0.25, 0.3) is 0 Å². The molecule has 1 unspecified atom stereocenters. The van der Waals surface area contributed by atoms with Crippen molar-refractivity contribution in [1.29, 1.82) is 0 Å². The van der Waals surface area contributed by atoms with Crippen LogP contribution >= 0.6 is 0 Å². The van der Waals surface area contributed by atoms with Crippen molar-refractivity contribution in [2.24, 2.45) is 0 Å². The zero-order valence-corrected chi connectivity index (χ0v) is 3.70. The third kappa shape index (κ3) is 2.52. The second-order valence-corrected chi connectivity index (χ2v) is 1.08. The summed E-state index contributed by atoms with van der Waals surface area (Å²) in [6.45, 7) is -1.05. The minimum atomic E-state index is -0.958. The Hall–Kier alpha value is -0.160. The van der Waals surface area contributed by atoms with Gasteiger partial charge in [-0.1, -0.05) is 0 Å². The highest BCUT2D eigenvalue weighted by Gasteiger charge is 2.03. The van der Waals surface area contributed by atoms with Gasteiger partial charge in [0.05, 0.1) is 6.61 Å². The number of aliphatic hydroxyl groups excluding tert-OH is 1. The van der Waals surface area contributed by atoms with E-state index in [1.54, 1.807) is 0 Å². The molecule has 0 aromatic rings. The fourth-order valence-corrected chi connectivity index (χ4v) is 0.116. The van der Waals surface area contributed by atoms with Gasteiger partial charge in [-0.05, 0) is 0 Å². The molecule has 0 aromatic carbocycles. The number of aliphatic hydroxyl groups is 1. The van der Waals surface area contributed by atoms with Gasteiger partial charge < -0.3 is 5.11 Å². The van der Waals surface area contributed by atoms with E-state index in [0.717, 1.165) is 0 Å². The molecule has 7 heavy (non-hydrogen) atoms. The van der Waals surface area contributed by atoms with E-state index >= 15 is 0 Å². The fourth-order valence-electron chi connectivity index (χ4n) is 0.116. The summed E-state index contributed by atoms with van der Waals surface area (Å²) in [5.74, 6) is 0. The van der Waals surface area contributed by atoms with Gasteiger partial charge in [0.2, 0.25) is 0 Å². The molecule has 0 heterocycles. The molecule has 4 nitrogen and oxygen atoms in total. The molecule has 0 saturated carbocycles. The Kier molecular flexibility index (Phi) is 3.92. The lowest BCUT2D eigenvalue weighted by molar-refractivity contribution is -0.293. The Balaban J connectivity index is 2.99.